The number of hydrogen-bond acceptors (Lipinski definition) is 5. The SMILES string of the molecule is Cc1ccc([N+](=O)[O-])cc1S(=O)(=O)N1CC(N)Cc2ccccc21. The van der Waals surface area contributed by atoms with Crippen LogP contribution in [0.3, 0.4) is 0 Å². The van der Waals surface area contributed by atoms with Crippen LogP contribution in [0.25, 0.3) is 0 Å². The van der Waals surface area contributed by atoms with Crippen molar-refractivity contribution >= 4 is 21.4 Å². The van der Waals surface area contributed by atoms with Crippen molar-refractivity contribution in [1.29, 1.82) is 0 Å². The molecule has 2 aromatic rings. The number of nitro benzene ring substituents is 1. The fraction of sp³-hybridized carbons (Fsp3) is 0.250. The molecule has 0 saturated carbocycles. The predicted molar refractivity (Wildman–Crippen MR) is 90.5 cm³/mol. The fourth-order valence-electron chi connectivity index (χ4n) is 2.91. The maximum Gasteiger partial charge on any atom is 0.270 e. The van der Waals surface area contributed by atoms with E-state index in [4.69, 9.17) is 5.73 Å². The zero-order valence-electron chi connectivity index (χ0n) is 13.0. The molecule has 1 aliphatic heterocycles. The minimum Gasteiger partial charge on any atom is -0.326 e. The van der Waals surface area contributed by atoms with Gasteiger partial charge in [-0.2, -0.15) is 0 Å². The summed E-state index contributed by atoms with van der Waals surface area (Å²) in [6, 6.07) is 10.7. The van der Waals surface area contributed by atoms with E-state index in [0.29, 0.717) is 17.7 Å². The van der Waals surface area contributed by atoms with Gasteiger partial charge in [0.25, 0.3) is 15.7 Å². The number of nitro groups is 1. The number of aryl methyl sites for hydroxylation is 1. The van der Waals surface area contributed by atoms with E-state index >= 15 is 0 Å². The van der Waals surface area contributed by atoms with Crippen LogP contribution in [-0.4, -0.2) is 25.9 Å². The Kier molecular flexibility index (Phi) is 4.02. The predicted octanol–water partition coefficient (Wildman–Crippen LogP) is 1.98. The Hall–Kier alpha value is -2.45. The second-order valence-corrected chi connectivity index (χ2v) is 7.67. The Bertz CT molecular complexity index is 911. The lowest BCUT2D eigenvalue weighted by Gasteiger charge is -2.34. The van der Waals surface area contributed by atoms with E-state index in [-0.39, 0.29) is 23.2 Å². The quantitative estimate of drug-likeness (QED) is 0.675. The van der Waals surface area contributed by atoms with Crippen LogP contribution in [0.4, 0.5) is 11.4 Å². The third-order valence-corrected chi connectivity index (χ3v) is 6.02. The van der Waals surface area contributed by atoms with Crippen molar-refractivity contribution in [1.82, 2.24) is 0 Å². The smallest absolute Gasteiger partial charge is 0.270 e. The first-order valence-corrected chi connectivity index (χ1v) is 8.86. The standard InChI is InChI=1S/C16H17N3O4S/c1-11-6-7-14(19(20)21)9-16(11)24(22,23)18-10-13(17)8-12-4-2-3-5-15(12)18/h2-7,9,13H,8,10,17H2,1H3. The van der Waals surface area contributed by atoms with E-state index in [1.807, 2.05) is 12.1 Å². The van der Waals surface area contributed by atoms with E-state index in [1.54, 1.807) is 19.1 Å². The number of rotatable bonds is 3. The molecule has 0 aliphatic carbocycles. The Morgan fingerprint density at radius 3 is 2.67 bits per heavy atom. The number of nitrogens with zero attached hydrogens (tertiary/aromatic N) is 2. The van der Waals surface area contributed by atoms with Gasteiger partial charge in [-0.3, -0.25) is 14.4 Å². The highest BCUT2D eigenvalue weighted by Gasteiger charge is 2.33. The number of sulfonamides is 1. The van der Waals surface area contributed by atoms with Crippen LogP contribution in [-0.2, 0) is 16.4 Å². The Balaban J connectivity index is 2.16. The summed E-state index contributed by atoms with van der Waals surface area (Å²) in [5, 5.41) is 11.0. The van der Waals surface area contributed by atoms with Crippen LogP contribution in [0.2, 0.25) is 0 Å². The molecule has 0 bridgehead atoms. The molecule has 0 fully saturated rings. The van der Waals surface area contributed by atoms with Crippen molar-refractivity contribution < 1.29 is 13.3 Å². The molecule has 1 heterocycles. The average molecular weight is 347 g/mol. The molecular formula is C16H17N3O4S. The summed E-state index contributed by atoms with van der Waals surface area (Å²) in [5.41, 5.74) is 7.64. The van der Waals surface area contributed by atoms with Gasteiger partial charge < -0.3 is 5.73 Å². The minimum absolute atomic E-state index is 0.0689. The molecule has 3 rings (SSSR count). The maximum atomic E-state index is 13.1. The number of fused-ring (bicyclic) bond motifs is 1. The highest BCUT2D eigenvalue weighted by Crippen LogP contribution is 2.33. The lowest BCUT2D eigenvalue weighted by atomic mass is 10.0. The number of para-hydroxylation sites is 1. The van der Waals surface area contributed by atoms with Gasteiger partial charge in [0, 0.05) is 24.7 Å². The molecule has 0 saturated heterocycles. The molecule has 2 N–H and O–H groups in total. The summed E-state index contributed by atoms with van der Waals surface area (Å²) in [6.45, 7) is 1.76. The Labute approximate surface area is 139 Å². The van der Waals surface area contributed by atoms with Gasteiger partial charge in [0.05, 0.1) is 15.5 Å². The van der Waals surface area contributed by atoms with Gasteiger partial charge in [-0.05, 0) is 30.5 Å². The zero-order valence-corrected chi connectivity index (χ0v) is 13.9. The van der Waals surface area contributed by atoms with Crippen LogP contribution in [0, 0.1) is 17.0 Å². The average Bonchev–Trinajstić information content (AvgIpc) is 2.54. The van der Waals surface area contributed by atoms with Crippen LogP contribution < -0.4 is 10.0 Å². The molecule has 8 heteroatoms. The molecule has 0 spiro atoms. The van der Waals surface area contributed by atoms with Crippen molar-refractivity contribution in [2.75, 3.05) is 10.8 Å². The zero-order chi connectivity index (χ0) is 17.5. The molecule has 126 valence electrons. The molecule has 1 unspecified atom stereocenters. The molecule has 1 atom stereocenters. The number of anilines is 1. The summed E-state index contributed by atoms with van der Waals surface area (Å²) >= 11 is 0. The lowest BCUT2D eigenvalue weighted by Crippen LogP contribution is -2.46. The number of nitrogens with two attached hydrogens (primary N) is 1. The topological polar surface area (TPSA) is 107 Å². The van der Waals surface area contributed by atoms with Gasteiger partial charge >= 0.3 is 0 Å². The van der Waals surface area contributed by atoms with E-state index in [2.05, 4.69) is 0 Å². The van der Waals surface area contributed by atoms with Crippen molar-refractivity contribution in [3.63, 3.8) is 0 Å². The molecule has 24 heavy (non-hydrogen) atoms. The van der Waals surface area contributed by atoms with Crippen molar-refractivity contribution in [3.8, 4) is 0 Å². The van der Waals surface area contributed by atoms with Gasteiger partial charge in [-0.25, -0.2) is 8.42 Å². The molecule has 0 aromatic heterocycles. The molecule has 1 aliphatic rings. The molecule has 2 aromatic carbocycles. The van der Waals surface area contributed by atoms with Gasteiger partial charge in [0.2, 0.25) is 0 Å². The second-order valence-electron chi connectivity index (χ2n) is 5.84. The minimum atomic E-state index is -3.95. The molecule has 7 nitrogen and oxygen atoms in total. The first-order valence-electron chi connectivity index (χ1n) is 7.42. The maximum absolute atomic E-state index is 13.1. The van der Waals surface area contributed by atoms with Gasteiger partial charge in [-0.1, -0.05) is 24.3 Å². The van der Waals surface area contributed by atoms with Crippen LogP contribution in [0.1, 0.15) is 11.1 Å². The van der Waals surface area contributed by atoms with Gasteiger partial charge in [0.15, 0.2) is 0 Å². The van der Waals surface area contributed by atoms with Gasteiger partial charge in [0.1, 0.15) is 0 Å². The van der Waals surface area contributed by atoms with Crippen molar-refractivity contribution in [2.45, 2.75) is 24.3 Å². The van der Waals surface area contributed by atoms with E-state index in [0.717, 1.165) is 11.6 Å². The van der Waals surface area contributed by atoms with Crippen LogP contribution in [0.5, 0.6) is 0 Å². The number of benzene rings is 2. The second kappa shape index (κ2) is 5.88. The first kappa shape index (κ1) is 16.4. The summed E-state index contributed by atoms with van der Waals surface area (Å²) in [7, 11) is -3.95. The lowest BCUT2D eigenvalue weighted by molar-refractivity contribution is -0.385. The van der Waals surface area contributed by atoms with Crippen molar-refractivity contribution in [2.24, 2.45) is 5.73 Å². The third kappa shape index (κ3) is 2.74. The highest BCUT2D eigenvalue weighted by atomic mass is 32.2. The monoisotopic (exact) mass is 347 g/mol. The number of non-ortho nitro benzene ring substituents is 1. The summed E-state index contributed by atoms with van der Waals surface area (Å²) in [5.74, 6) is 0. The van der Waals surface area contributed by atoms with E-state index in [1.165, 1.54) is 16.4 Å². The first-order chi connectivity index (χ1) is 11.3. The molecule has 0 radical (unpaired) electrons. The normalized spacial score (nSPS) is 17.4. The Morgan fingerprint density at radius 2 is 1.96 bits per heavy atom. The summed E-state index contributed by atoms with van der Waals surface area (Å²) < 4.78 is 27.5. The summed E-state index contributed by atoms with van der Waals surface area (Å²) in [6.07, 6.45) is 0.593. The van der Waals surface area contributed by atoms with Crippen LogP contribution >= 0.6 is 0 Å². The van der Waals surface area contributed by atoms with E-state index < -0.39 is 14.9 Å². The summed E-state index contributed by atoms with van der Waals surface area (Å²) in [4.78, 5) is 10.3. The third-order valence-electron chi connectivity index (χ3n) is 4.09. The molecule has 0 amide bonds. The highest BCUT2D eigenvalue weighted by molar-refractivity contribution is 7.92. The van der Waals surface area contributed by atoms with E-state index in [9.17, 15) is 18.5 Å². The molecular weight excluding hydrogens is 330 g/mol. The number of hydrogen-bond donors (Lipinski definition) is 1. The van der Waals surface area contributed by atoms with Crippen LogP contribution in [0.15, 0.2) is 47.4 Å². The Morgan fingerprint density at radius 1 is 1.25 bits per heavy atom. The van der Waals surface area contributed by atoms with Crippen molar-refractivity contribution in [3.05, 3.63) is 63.7 Å². The van der Waals surface area contributed by atoms with Gasteiger partial charge in [-0.15, -0.1) is 0 Å². The largest absolute Gasteiger partial charge is 0.326 e. The fourth-order valence-corrected chi connectivity index (χ4v) is 4.72.